The van der Waals surface area contributed by atoms with Crippen LogP contribution in [-0.2, 0) is 49.4 Å². The molecule has 0 fully saturated rings. The molecule has 9 heteroatoms. The van der Waals surface area contributed by atoms with E-state index in [1.54, 1.807) is 0 Å². The lowest BCUT2D eigenvalue weighted by Gasteiger charge is -2.35. The molecule has 14 rings (SSSR count). The van der Waals surface area contributed by atoms with E-state index in [-0.39, 0.29) is 0 Å². The first kappa shape index (κ1) is 73.2. The molecule has 2 aliphatic rings. The number of hydrogen-bond acceptors (Lipinski definition) is 9. The summed E-state index contributed by atoms with van der Waals surface area (Å²) in [6.45, 7) is 18.4. The van der Waals surface area contributed by atoms with Crippen LogP contribution in [0.2, 0.25) is 0 Å². The molecule has 0 amide bonds. The van der Waals surface area contributed by atoms with Crippen molar-refractivity contribution in [2.75, 3.05) is 0 Å². The first-order valence-electron chi connectivity index (χ1n) is 40.1. The van der Waals surface area contributed by atoms with Crippen LogP contribution in [0.1, 0.15) is 284 Å². The number of aryl methyl sites for hydroxylation is 8. The van der Waals surface area contributed by atoms with Crippen molar-refractivity contribution in [3.05, 3.63) is 233 Å². The Morgan fingerprint density at radius 2 is 0.631 bits per heavy atom. The van der Waals surface area contributed by atoms with Crippen molar-refractivity contribution in [3.63, 3.8) is 0 Å². The molecule has 0 N–H and O–H groups in total. The molecule has 0 unspecified atom stereocenters. The number of unbranched alkanes of at least 4 members (excludes halogenated alkanes) is 18. The maximum Gasteiger partial charge on any atom is 0.116 e. The Hall–Kier alpha value is -6.72. The molecule has 12 aromatic rings. The van der Waals surface area contributed by atoms with E-state index in [0.717, 1.165) is 90.3 Å². The van der Waals surface area contributed by atoms with Gasteiger partial charge in [0.05, 0.1) is 33.9 Å². The average molecular weight is 1450 g/mol. The molecule has 0 spiro atoms. The molecule has 0 saturated heterocycles. The Morgan fingerprint density at radius 3 is 1.01 bits per heavy atom. The minimum atomic E-state index is -0.617. The van der Waals surface area contributed by atoms with E-state index in [1.165, 1.54) is 276 Å². The number of benzene rings is 6. The summed E-state index contributed by atoms with van der Waals surface area (Å²) in [5.41, 5.74) is 26.6. The smallest absolute Gasteiger partial charge is 0.116 e. The topological polar surface area (TPSA) is 51.6 Å². The second-order valence-electron chi connectivity index (χ2n) is 30.1. The Bertz CT molecular complexity index is 4690. The highest BCUT2D eigenvalue weighted by atomic mass is 32.1. The van der Waals surface area contributed by atoms with Crippen molar-refractivity contribution in [1.29, 1.82) is 0 Å². The molecule has 0 atom stereocenters. The van der Waals surface area contributed by atoms with Gasteiger partial charge in [-0.3, -0.25) is 0 Å². The molecule has 103 heavy (non-hydrogen) atoms. The normalized spacial score (nSPS) is 13.4. The number of aromatic nitrogens is 4. The predicted octanol–water partition coefficient (Wildman–Crippen LogP) is 29.0. The monoisotopic (exact) mass is 1450 g/mol. The van der Waals surface area contributed by atoms with E-state index < -0.39 is 10.8 Å². The number of thiophene rings is 4. The number of rotatable bonds is 37. The van der Waals surface area contributed by atoms with E-state index in [2.05, 4.69) is 201 Å². The Balaban J connectivity index is 0.990. The van der Waals surface area contributed by atoms with Crippen LogP contribution < -0.4 is 0 Å². The van der Waals surface area contributed by atoms with Gasteiger partial charge in [0.25, 0.3) is 0 Å². The maximum atomic E-state index is 5.90. The molecule has 6 heterocycles. The summed E-state index contributed by atoms with van der Waals surface area (Å²) in [6.07, 6.45) is 36.0. The highest BCUT2D eigenvalue weighted by Gasteiger charge is 2.53. The van der Waals surface area contributed by atoms with E-state index in [9.17, 15) is 0 Å². The molecule has 2 aliphatic carbocycles. The van der Waals surface area contributed by atoms with E-state index in [0.29, 0.717) is 0 Å². The van der Waals surface area contributed by atoms with Gasteiger partial charge in [-0.15, -0.1) is 45.3 Å². The van der Waals surface area contributed by atoms with Gasteiger partial charge < -0.3 is 0 Å². The van der Waals surface area contributed by atoms with Gasteiger partial charge in [0.15, 0.2) is 0 Å². The second kappa shape index (κ2) is 33.8. The van der Waals surface area contributed by atoms with Crippen molar-refractivity contribution in [2.24, 2.45) is 0 Å². The Kier molecular flexibility index (Phi) is 24.0. The molecule has 0 bridgehead atoms. The lowest BCUT2D eigenvalue weighted by Crippen LogP contribution is -2.30. The van der Waals surface area contributed by atoms with E-state index in [4.69, 9.17) is 18.7 Å². The zero-order valence-corrected chi connectivity index (χ0v) is 67.0. The van der Waals surface area contributed by atoms with Gasteiger partial charge in [-0.25, -0.2) is 9.97 Å². The van der Waals surface area contributed by atoms with Gasteiger partial charge >= 0.3 is 0 Å². The lowest BCUT2D eigenvalue weighted by molar-refractivity contribution is 0.639. The standard InChI is InChI=1S/C94H108N4S5/c1-9-15-21-27-33-65-40-48-69(49-41-65)93(70-50-42-66(43-51-70)34-28-22-16-10-2)75-61-74-76(60-73(75)91-77(93)59-64(8)100-91)94(71-52-44-67(45-53-71)35-29-23-17-11-3,72-54-46-68(47-55-72)36-30-24-18-12-4)78-62-84(102-92(74)78)81-57-58-83(101-81)86-88-87(85(82-56-39-63(7)99-82)89-90(86)98-103-97-89)95-79(37-31-25-19-13-5)80(96-88)38-32-26-20-14-6/h39-62H,9-38H2,1-8H3. The third-order valence-electron chi connectivity index (χ3n) is 22.8. The third-order valence-corrected chi connectivity index (χ3v) is 27.9. The highest BCUT2D eigenvalue weighted by Crippen LogP contribution is 2.66. The molecule has 6 aromatic carbocycles. The van der Waals surface area contributed by atoms with Crippen LogP contribution in [0.5, 0.6) is 0 Å². The summed E-state index contributed by atoms with van der Waals surface area (Å²) < 4.78 is 10.5. The Morgan fingerprint density at radius 1 is 0.282 bits per heavy atom. The Labute approximate surface area is 636 Å². The number of hydrogen-bond donors (Lipinski definition) is 0. The second-order valence-corrected chi connectivity index (χ2v) is 35.4. The van der Waals surface area contributed by atoms with Gasteiger partial charge in [0, 0.05) is 50.1 Å². The summed E-state index contributed by atoms with van der Waals surface area (Å²) in [6, 6.07) is 60.1. The average Bonchev–Trinajstić information content (AvgIpc) is 1.51. The molecular weight excluding hydrogens is 1350 g/mol. The summed E-state index contributed by atoms with van der Waals surface area (Å²) in [4.78, 5) is 22.1. The maximum absolute atomic E-state index is 5.90. The van der Waals surface area contributed by atoms with Crippen molar-refractivity contribution in [3.8, 4) is 51.5 Å². The van der Waals surface area contributed by atoms with Gasteiger partial charge in [0.2, 0.25) is 0 Å². The van der Waals surface area contributed by atoms with E-state index in [1.807, 2.05) is 45.3 Å². The van der Waals surface area contributed by atoms with Gasteiger partial charge in [-0.1, -0.05) is 254 Å². The molecule has 0 aliphatic heterocycles. The van der Waals surface area contributed by atoms with Crippen LogP contribution in [0.25, 0.3) is 73.6 Å². The van der Waals surface area contributed by atoms with E-state index >= 15 is 0 Å². The zero-order chi connectivity index (χ0) is 70.9. The van der Waals surface area contributed by atoms with Gasteiger partial charge in [0.1, 0.15) is 22.1 Å². The minimum Gasteiger partial charge on any atom is -0.248 e. The van der Waals surface area contributed by atoms with Crippen LogP contribution >= 0.6 is 57.1 Å². The van der Waals surface area contributed by atoms with Crippen LogP contribution in [0.3, 0.4) is 0 Å². The summed E-state index contributed by atoms with van der Waals surface area (Å²) in [5.74, 6) is 0. The number of nitrogens with zero attached hydrogens (tertiary/aromatic N) is 4. The minimum absolute atomic E-state index is 0.538. The fourth-order valence-corrected chi connectivity index (χ4v) is 22.2. The molecule has 6 aromatic heterocycles. The van der Waals surface area contributed by atoms with Crippen molar-refractivity contribution >= 4 is 79.1 Å². The molecule has 534 valence electrons. The molecule has 0 radical (unpaired) electrons. The summed E-state index contributed by atoms with van der Waals surface area (Å²) >= 11 is 9.05. The first-order valence-corrected chi connectivity index (χ1v) is 44.1. The number of fused-ring (bicyclic) bond motifs is 8. The SMILES string of the molecule is CCCCCCc1ccc(C2(c3ccc(CCCCCC)cc3)c3cc4c(cc3-c3sc(C)cc32)C(c2ccc(CCCCCC)cc2)(c2ccc(CCCCCC)cc2)c2cc(-c3ccc(-c5c6nsnc6c(-c6ccc(C)s6)c6nc(CCCCCC)c(CCCCCC)nc56)s3)sc2-4)cc1. The third kappa shape index (κ3) is 14.7. The summed E-state index contributed by atoms with van der Waals surface area (Å²) in [5, 5.41) is 0. The van der Waals surface area contributed by atoms with Crippen LogP contribution in [-0.4, -0.2) is 18.7 Å². The largest absolute Gasteiger partial charge is 0.248 e. The van der Waals surface area contributed by atoms with Crippen LogP contribution in [0, 0.1) is 13.8 Å². The van der Waals surface area contributed by atoms with Crippen LogP contribution in [0.15, 0.2) is 146 Å². The molecular formula is C94H108N4S5. The fourth-order valence-electron chi connectivity index (χ4n) is 17.2. The fraction of sp³-hybridized carbons (Fsp3) is 0.426. The van der Waals surface area contributed by atoms with Gasteiger partial charge in [-0.05, 0) is 217 Å². The first-order chi connectivity index (χ1) is 50.6. The van der Waals surface area contributed by atoms with Crippen LogP contribution in [0.4, 0.5) is 0 Å². The summed E-state index contributed by atoms with van der Waals surface area (Å²) in [7, 11) is 0. The lowest BCUT2D eigenvalue weighted by atomic mass is 9.65. The van der Waals surface area contributed by atoms with Crippen molar-refractivity contribution in [2.45, 2.75) is 259 Å². The van der Waals surface area contributed by atoms with Crippen molar-refractivity contribution in [1.82, 2.24) is 18.7 Å². The zero-order valence-electron chi connectivity index (χ0n) is 62.9. The molecule has 4 nitrogen and oxygen atoms in total. The quantitative estimate of drug-likeness (QED) is 0.0364. The van der Waals surface area contributed by atoms with Crippen molar-refractivity contribution < 1.29 is 0 Å². The molecule has 0 saturated carbocycles. The predicted molar refractivity (Wildman–Crippen MR) is 449 cm³/mol. The van der Waals surface area contributed by atoms with Gasteiger partial charge in [-0.2, -0.15) is 8.75 Å². The highest BCUT2D eigenvalue weighted by molar-refractivity contribution is 7.25.